The fraction of sp³-hybridized carbons (Fsp3) is 0.276. The maximum absolute atomic E-state index is 4.97. The zero-order valence-corrected chi connectivity index (χ0v) is 21.4. The van der Waals surface area contributed by atoms with Crippen molar-refractivity contribution in [1.82, 2.24) is 9.88 Å². The number of likely N-dealkylation sites (tertiary alicyclic amines) is 1. The number of halogens is 2. The molecule has 1 aliphatic heterocycles. The molecule has 1 aliphatic rings. The Morgan fingerprint density at radius 3 is 2.09 bits per heavy atom. The molecule has 4 aromatic rings. The van der Waals surface area contributed by atoms with E-state index in [1.54, 1.807) is 0 Å². The fourth-order valence-corrected chi connectivity index (χ4v) is 5.01. The van der Waals surface area contributed by atoms with E-state index in [9.17, 15) is 0 Å². The summed E-state index contributed by atoms with van der Waals surface area (Å²) in [4.78, 5) is 10.1. The van der Waals surface area contributed by atoms with Crippen LogP contribution in [0.25, 0.3) is 22.2 Å². The van der Waals surface area contributed by atoms with Gasteiger partial charge in [-0.1, -0.05) is 78.9 Å². The van der Waals surface area contributed by atoms with Crippen LogP contribution in [0.4, 0.5) is 5.69 Å². The van der Waals surface area contributed by atoms with Crippen molar-refractivity contribution in [1.29, 1.82) is 0 Å². The predicted octanol–water partition coefficient (Wildman–Crippen LogP) is 7.41. The lowest BCUT2D eigenvalue weighted by atomic mass is 9.98. The van der Waals surface area contributed by atoms with E-state index in [0.29, 0.717) is 12.1 Å². The third kappa shape index (κ3) is 5.38. The Kier molecular flexibility index (Phi) is 8.96. The van der Waals surface area contributed by atoms with Crippen LogP contribution in [0.2, 0.25) is 0 Å². The van der Waals surface area contributed by atoms with Gasteiger partial charge < -0.3 is 4.90 Å². The van der Waals surface area contributed by atoms with E-state index >= 15 is 0 Å². The SMILES string of the molecule is CC(c1ccccc1)N1CCC(N(C)c2cc(-c3ccccc3)nc3ccccc23)CC1.Cl.Cl. The summed E-state index contributed by atoms with van der Waals surface area (Å²) in [6.45, 7) is 4.58. The van der Waals surface area contributed by atoms with Crippen LogP contribution in [0.5, 0.6) is 0 Å². The number of para-hydroxylation sites is 1. The van der Waals surface area contributed by atoms with Crippen LogP contribution in [0.1, 0.15) is 31.4 Å². The van der Waals surface area contributed by atoms with Gasteiger partial charge in [0.15, 0.2) is 0 Å². The summed E-state index contributed by atoms with van der Waals surface area (Å²) in [5.41, 5.74) is 5.96. The first-order chi connectivity index (χ1) is 15.7. The van der Waals surface area contributed by atoms with Gasteiger partial charge in [-0.05, 0) is 37.5 Å². The molecular formula is C29H33Cl2N3. The van der Waals surface area contributed by atoms with E-state index in [-0.39, 0.29) is 24.8 Å². The molecule has 0 amide bonds. The molecular weight excluding hydrogens is 461 g/mol. The topological polar surface area (TPSA) is 19.4 Å². The summed E-state index contributed by atoms with van der Waals surface area (Å²) in [6.07, 6.45) is 2.34. The first kappa shape index (κ1) is 26.0. The van der Waals surface area contributed by atoms with E-state index in [1.807, 2.05) is 0 Å². The van der Waals surface area contributed by atoms with Gasteiger partial charge in [-0.15, -0.1) is 24.8 Å². The number of hydrogen-bond acceptors (Lipinski definition) is 3. The van der Waals surface area contributed by atoms with Crippen molar-refractivity contribution in [3.8, 4) is 11.3 Å². The third-order valence-corrected chi connectivity index (χ3v) is 7.02. The highest BCUT2D eigenvalue weighted by Gasteiger charge is 2.27. The summed E-state index contributed by atoms with van der Waals surface area (Å²) in [5, 5.41) is 1.23. The largest absolute Gasteiger partial charge is 0.371 e. The first-order valence-corrected chi connectivity index (χ1v) is 11.7. The van der Waals surface area contributed by atoms with Crippen molar-refractivity contribution in [3.63, 3.8) is 0 Å². The van der Waals surface area contributed by atoms with Crippen molar-refractivity contribution in [3.05, 3.63) is 96.6 Å². The minimum Gasteiger partial charge on any atom is -0.371 e. The van der Waals surface area contributed by atoms with Crippen LogP contribution in [-0.2, 0) is 0 Å². The molecule has 2 heterocycles. The molecule has 0 spiro atoms. The van der Waals surface area contributed by atoms with E-state index in [2.05, 4.69) is 115 Å². The maximum Gasteiger partial charge on any atom is 0.0730 e. The summed E-state index contributed by atoms with van der Waals surface area (Å²) in [5.74, 6) is 0. The molecule has 0 radical (unpaired) electrons. The Bertz CT molecular complexity index is 1180. The molecule has 3 nitrogen and oxygen atoms in total. The summed E-state index contributed by atoms with van der Waals surface area (Å²) >= 11 is 0. The normalized spacial score (nSPS) is 15.2. The Hall–Kier alpha value is -2.59. The van der Waals surface area contributed by atoms with Crippen molar-refractivity contribution in [2.45, 2.75) is 31.8 Å². The van der Waals surface area contributed by atoms with Crippen molar-refractivity contribution < 1.29 is 0 Å². The predicted molar refractivity (Wildman–Crippen MR) is 150 cm³/mol. The van der Waals surface area contributed by atoms with Crippen molar-refractivity contribution in [2.24, 2.45) is 0 Å². The van der Waals surface area contributed by atoms with E-state index < -0.39 is 0 Å². The highest BCUT2D eigenvalue weighted by atomic mass is 35.5. The van der Waals surface area contributed by atoms with Gasteiger partial charge >= 0.3 is 0 Å². The number of hydrogen-bond donors (Lipinski definition) is 0. The number of benzene rings is 3. The average molecular weight is 495 g/mol. The molecule has 34 heavy (non-hydrogen) atoms. The Balaban J connectivity index is 0.00000162. The summed E-state index contributed by atoms with van der Waals surface area (Å²) < 4.78 is 0. The van der Waals surface area contributed by atoms with E-state index in [4.69, 9.17) is 4.98 Å². The zero-order valence-electron chi connectivity index (χ0n) is 19.8. The molecule has 1 atom stereocenters. The lowest BCUT2D eigenvalue weighted by Crippen LogP contribution is -2.44. The molecule has 1 fully saturated rings. The lowest BCUT2D eigenvalue weighted by Gasteiger charge is -2.40. The van der Waals surface area contributed by atoms with Crippen LogP contribution in [0.3, 0.4) is 0 Å². The van der Waals surface area contributed by atoms with Crippen molar-refractivity contribution >= 4 is 41.4 Å². The zero-order chi connectivity index (χ0) is 21.9. The quantitative estimate of drug-likeness (QED) is 0.288. The molecule has 5 rings (SSSR count). The smallest absolute Gasteiger partial charge is 0.0730 e. The number of aromatic nitrogens is 1. The number of nitrogens with zero attached hydrogens (tertiary/aromatic N) is 3. The van der Waals surface area contributed by atoms with Gasteiger partial charge in [0, 0.05) is 48.9 Å². The number of piperidine rings is 1. The number of fused-ring (bicyclic) bond motifs is 1. The molecule has 5 heteroatoms. The lowest BCUT2D eigenvalue weighted by molar-refractivity contribution is 0.162. The average Bonchev–Trinajstić information content (AvgIpc) is 2.88. The van der Waals surface area contributed by atoms with Crippen LogP contribution >= 0.6 is 24.8 Å². The second-order valence-corrected chi connectivity index (χ2v) is 8.87. The van der Waals surface area contributed by atoms with Gasteiger partial charge in [-0.2, -0.15) is 0 Å². The fourth-order valence-electron chi connectivity index (χ4n) is 5.01. The molecule has 1 unspecified atom stereocenters. The number of rotatable bonds is 5. The van der Waals surface area contributed by atoms with Gasteiger partial charge in [0.2, 0.25) is 0 Å². The minimum absolute atomic E-state index is 0. The highest BCUT2D eigenvalue weighted by Crippen LogP contribution is 2.34. The van der Waals surface area contributed by atoms with Crippen LogP contribution < -0.4 is 4.90 Å². The molecule has 0 N–H and O–H groups in total. The summed E-state index contributed by atoms with van der Waals surface area (Å²) in [6, 6.07) is 33.2. The molecule has 178 valence electrons. The van der Waals surface area contributed by atoms with Gasteiger partial charge in [0.1, 0.15) is 0 Å². The summed E-state index contributed by atoms with van der Waals surface area (Å²) in [7, 11) is 2.26. The first-order valence-electron chi connectivity index (χ1n) is 11.7. The third-order valence-electron chi connectivity index (χ3n) is 7.02. The molecule has 1 aromatic heterocycles. The molecule has 0 saturated carbocycles. The van der Waals surface area contributed by atoms with Gasteiger partial charge in [-0.25, -0.2) is 4.98 Å². The molecule has 3 aromatic carbocycles. The second-order valence-electron chi connectivity index (χ2n) is 8.87. The van der Waals surface area contributed by atoms with E-state index in [0.717, 1.165) is 24.3 Å². The van der Waals surface area contributed by atoms with Gasteiger partial charge in [-0.3, -0.25) is 4.90 Å². The minimum atomic E-state index is 0. The van der Waals surface area contributed by atoms with Gasteiger partial charge in [0.05, 0.1) is 11.2 Å². The molecule has 0 aliphatic carbocycles. The monoisotopic (exact) mass is 493 g/mol. The Labute approximate surface area is 215 Å². The van der Waals surface area contributed by atoms with E-state index in [1.165, 1.54) is 35.0 Å². The van der Waals surface area contributed by atoms with Crippen molar-refractivity contribution in [2.75, 3.05) is 25.0 Å². The van der Waals surface area contributed by atoms with Crippen LogP contribution in [0, 0.1) is 0 Å². The Morgan fingerprint density at radius 2 is 1.41 bits per heavy atom. The maximum atomic E-state index is 4.97. The van der Waals surface area contributed by atoms with Gasteiger partial charge in [0.25, 0.3) is 0 Å². The number of anilines is 1. The number of pyridine rings is 1. The standard InChI is InChI=1S/C29H31N3.2ClH/c1-22(23-11-5-3-6-12-23)32-19-17-25(18-20-32)31(2)29-21-28(24-13-7-4-8-14-24)30-27-16-10-9-15-26(27)29;;/h3-16,21-22,25H,17-20H2,1-2H3;2*1H. The Morgan fingerprint density at radius 1 is 0.824 bits per heavy atom. The molecule has 1 saturated heterocycles. The second kappa shape index (κ2) is 11.7. The van der Waals surface area contributed by atoms with Crippen LogP contribution in [0.15, 0.2) is 91.0 Å². The highest BCUT2D eigenvalue weighted by molar-refractivity contribution is 5.94. The van der Waals surface area contributed by atoms with Crippen LogP contribution in [-0.4, -0.2) is 36.1 Å². The molecule has 0 bridgehead atoms.